The highest BCUT2D eigenvalue weighted by Gasteiger charge is 2.18. The maximum absolute atomic E-state index is 11.7. The van der Waals surface area contributed by atoms with Crippen LogP contribution in [0.3, 0.4) is 0 Å². The largest absolute Gasteiger partial charge is 0.444 e. The average Bonchev–Trinajstić information content (AvgIpc) is 3.79. The van der Waals surface area contributed by atoms with Crippen molar-refractivity contribution in [2.75, 3.05) is 10.6 Å². The van der Waals surface area contributed by atoms with Crippen molar-refractivity contribution in [1.82, 2.24) is 44.3 Å². The first-order valence-corrected chi connectivity index (χ1v) is 17.7. The Bertz CT molecular complexity index is 2180. The predicted molar refractivity (Wildman–Crippen MR) is 212 cm³/mol. The van der Waals surface area contributed by atoms with Gasteiger partial charge in [-0.25, -0.2) is 24.5 Å². The van der Waals surface area contributed by atoms with E-state index in [2.05, 4.69) is 56.8 Å². The predicted octanol–water partition coefficient (Wildman–Crippen LogP) is 8.56. The number of nitrogens with one attached hydrogen (secondary N) is 2. The number of aryl methyl sites for hydroxylation is 3. The zero-order valence-electron chi connectivity index (χ0n) is 31.5. The van der Waals surface area contributed by atoms with Gasteiger partial charge in [-0.15, -0.1) is 0 Å². The van der Waals surface area contributed by atoms with E-state index in [-0.39, 0.29) is 0 Å². The number of pyridine rings is 3. The summed E-state index contributed by atoms with van der Waals surface area (Å²) in [5.74, 6) is 0.849. The highest BCUT2D eigenvalue weighted by atomic mass is 79.9. The highest BCUT2D eigenvalue weighted by Crippen LogP contribution is 2.27. The lowest BCUT2D eigenvalue weighted by molar-refractivity contribution is 0.0624. The smallest absolute Gasteiger partial charge is 0.413 e. The van der Waals surface area contributed by atoms with E-state index in [1.54, 1.807) is 71.6 Å². The molecule has 0 fully saturated rings. The number of carbonyl (C=O) groups is 2. The maximum atomic E-state index is 11.7. The molecule has 0 saturated heterocycles. The molecule has 2 N–H and O–H groups in total. The second-order valence-electron chi connectivity index (χ2n) is 13.7. The third-order valence-corrected chi connectivity index (χ3v) is 7.37. The van der Waals surface area contributed by atoms with Crippen molar-refractivity contribution in [3.63, 3.8) is 0 Å². The zero-order valence-corrected chi connectivity index (χ0v) is 33.8. The van der Waals surface area contributed by atoms with Crippen LogP contribution in [-0.2, 0) is 30.6 Å². The molecule has 17 heteroatoms. The Morgan fingerprint density at radius 1 is 0.648 bits per heavy atom. The Kier molecular flexibility index (Phi) is 13.7. The molecule has 54 heavy (non-hydrogen) atoms. The molecule has 0 bridgehead atoms. The van der Waals surface area contributed by atoms with Crippen molar-refractivity contribution in [2.45, 2.75) is 52.7 Å². The third kappa shape index (κ3) is 13.4. The van der Waals surface area contributed by atoms with Crippen LogP contribution in [0.15, 0.2) is 90.2 Å². The molecule has 6 heterocycles. The van der Waals surface area contributed by atoms with Crippen LogP contribution < -0.4 is 10.6 Å². The Hall–Kier alpha value is -5.61. The molecule has 0 aliphatic rings. The van der Waals surface area contributed by atoms with Gasteiger partial charge in [0.25, 0.3) is 0 Å². The molecule has 0 aliphatic carbocycles. The lowest BCUT2D eigenvalue weighted by Crippen LogP contribution is -2.27. The first-order chi connectivity index (χ1) is 25.3. The van der Waals surface area contributed by atoms with Gasteiger partial charge in [0.2, 0.25) is 0 Å². The summed E-state index contributed by atoms with van der Waals surface area (Å²) in [4.78, 5) is 35.5. The Balaban J connectivity index is 0.000000185. The molecular formula is C37H43BrClN11O4. The van der Waals surface area contributed by atoms with Gasteiger partial charge >= 0.3 is 12.2 Å². The topological polar surface area (TPSA) is 169 Å². The number of nitrogens with zero attached hydrogens (tertiary/aromatic N) is 9. The van der Waals surface area contributed by atoms with E-state index in [4.69, 9.17) is 21.1 Å². The van der Waals surface area contributed by atoms with Crippen molar-refractivity contribution in [3.05, 3.63) is 95.3 Å². The van der Waals surface area contributed by atoms with E-state index in [1.807, 2.05) is 90.8 Å². The van der Waals surface area contributed by atoms with E-state index < -0.39 is 23.4 Å². The van der Waals surface area contributed by atoms with Crippen LogP contribution in [0, 0.1) is 0 Å². The summed E-state index contributed by atoms with van der Waals surface area (Å²) < 4.78 is 16.4. The summed E-state index contributed by atoms with van der Waals surface area (Å²) in [6.45, 7) is 10.9. The zero-order chi connectivity index (χ0) is 39.6. The van der Waals surface area contributed by atoms with Crippen LogP contribution in [0.5, 0.6) is 0 Å². The number of halogens is 2. The molecule has 6 aromatic rings. The van der Waals surface area contributed by atoms with Crippen LogP contribution in [-0.4, -0.2) is 67.7 Å². The van der Waals surface area contributed by atoms with Crippen LogP contribution >= 0.6 is 27.5 Å². The van der Waals surface area contributed by atoms with Gasteiger partial charge in [0.1, 0.15) is 33.7 Å². The van der Waals surface area contributed by atoms with Gasteiger partial charge in [-0.05, 0) is 106 Å². The van der Waals surface area contributed by atoms with Gasteiger partial charge in [-0.2, -0.15) is 15.3 Å². The van der Waals surface area contributed by atoms with Gasteiger partial charge in [-0.1, -0.05) is 11.6 Å². The first-order valence-electron chi connectivity index (χ1n) is 16.6. The summed E-state index contributed by atoms with van der Waals surface area (Å²) in [7, 11) is 5.58. The van der Waals surface area contributed by atoms with E-state index in [0.29, 0.717) is 16.8 Å². The van der Waals surface area contributed by atoms with Crippen LogP contribution in [0.1, 0.15) is 41.5 Å². The van der Waals surface area contributed by atoms with Gasteiger partial charge in [0, 0.05) is 75.0 Å². The fourth-order valence-electron chi connectivity index (χ4n) is 4.48. The van der Waals surface area contributed by atoms with Gasteiger partial charge in [0.05, 0.1) is 15.9 Å². The molecule has 0 atom stereocenters. The van der Waals surface area contributed by atoms with Crippen molar-refractivity contribution in [3.8, 4) is 33.8 Å². The average molecular weight is 821 g/mol. The van der Waals surface area contributed by atoms with Crippen molar-refractivity contribution in [2.24, 2.45) is 21.1 Å². The number of carbonyl (C=O) groups excluding carboxylic acids is 2. The van der Waals surface area contributed by atoms with Crippen LogP contribution in [0.4, 0.5) is 21.2 Å². The normalized spacial score (nSPS) is 11.0. The maximum Gasteiger partial charge on any atom is 0.413 e. The molecule has 6 aromatic heterocycles. The van der Waals surface area contributed by atoms with E-state index in [9.17, 15) is 9.59 Å². The summed E-state index contributed by atoms with van der Waals surface area (Å²) in [5, 5.41) is 18.6. The Labute approximate surface area is 327 Å². The highest BCUT2D eigenvalue weighted by molar-refractivity contribution is 9.10. The second kappa shape index (κ2) is 17.9. The SMILES string of the molecule is Cn1cc(Br)c(-c2ccnc(NC(=O)OC(C)(C)C)c2)n1.Cn1ccc(-c2ccnc(Cl)c2)n1.Cn1ccc(-c2ccnc(NC(=O)OC(C)(C)C)c2)n1. The van der Waals surface area contributed by atoms with Crippen LogP contribution in [0.25, 0.3) is 33.8 Å². The fraction of sp³-hybridized carbons (Fsp3) is 0.297. The molecule has 6 rings (SSSR count). The lowest BCUT2D eigenvalue weighted by atomic mass is 10.2. The summed E-state index contributed by atoms with van der Waals surface area (Å²) in [6, 6.07) is 14.7. The molecule has 0 unspecified atom stereocenters. The molecule has 0 radical (unpaired) electrons. The number of anilines is 2. The molecule has 0 spiro atoms. The molecule has 2 amide bonds. The minimum Gasteiger partial charge on any atom is -0.444 e. The number of aromatic nitrogens is 9. The second-order valence-corrected chi connectivity index (χ2v) is 15.0. The number of hydrogen-bond acceptors (Lipinski definition) is 10. The Morgan fingerprint density at radius 3 is 1.50 bits per heavy atom. The first kappa shape index (κ1) is 41.2. The quantitative estimate of drug-likeness (QED) is 0.161. The molecule has 15 nitrogen and oxygen atoms in total. The van der Waals surface area contributed by atoms with E-state index >= 15 is 0 Å². The number of amides is 2. The number of hydrogen-bond donors (Lipinski definition) is 2. The van der Waals surface area contributed by atoms with E-state index in [1.165, 1.54) is 0 Å². The summed E-state index contributed by atoms with van der Waals surface area (Å²) in [5.41, 5.74) is 4.14. The van der Waals surface area contributed by atoms with Crippen molar-refractivity contribution >= 4 is 51.4 Å². The molecular weight excluding hydrogens is 778 g/mol. The van der Waals surface area contributed by atoms with Gasteiger partial charge < -0.3 is 9.47 Å². The molecule has 0 saturated carbocycles. The van der Waals surface area contributed by atoms with Gasteiger partial charge in [-0.3, -0.25) is 24.7 Å². The van der Waals surface area contributed by atoms with Crippen molar-refractivity contribution < 1.29 is 19.1 Å². The summed E-state index contributed by atoms with van der Waals surface area (Å²) >= 11 is 9.21. The monoisotopic (exact) mass is 819 g/mol. The van der Waals surface area contributed by atoms with Crippen LogP contribution in [0.2, 0.25) is 5.15 Å². The van der Waals surface area contributed by atoms with Gasteiger partial charge in [0.15, 0.2) is 0 Å². The Morgan fingerprint density at radius 2 is 1.09 bits per heavy atom. The third-order valence-electron chi connectivity index (χ3n) is 6.58. The number of rotatable bonds is 5. The minimum absolute atomic E-state index is 0.416. The lowest BCUT2D eigenvalue weighted by Gasteiger charge is -2.19. The molecule has 0 aliphatic heterocycles. The number of ether oxygens (including phenoxy) is 2. The summed E-state index contributed by atoms with van der Waals surface area (Å²) in [6.07, 6.45) is 9.46. The fourth-order valence-corrected chi connectivity index (χ4v) is 5.25. The van der Waals surface area contributed by atoms with Crippen molar-refractivity contribution in [1.29, 1.82) is 0 Å². The standard InChI is InChI=1S/C14H17BrN4O2.C14H18N4O2.C9H8ClN3/c1-14(2,3)21-13(20)17-11-7-9(5-6-16-11)12-10(15)8-19(4)18-12;1-14(2,3)20-13(19)16-12-9-10(5-7-15-12)11-6-8-18(4)17-11;1-13-5-3-8(12-13)7-2-4-11-9(10)6-7/h5-8H,1-4H3,(H,16,17,20);5-9H,1-4H3,(H,15,16,19);2-6H,1H3. The minimum atomic E-state index is -0.550. The van der Waals surface area contributed by atoms with E-state index in [0.717, 1.165) is 38.2 Å². The molecule has 284 valence electrons. The molecule has 0 aromatic carbocycles.